The van der Waals surface area contributed by atoms with E-state index in [1.165, 1.54) is 22.3 Å². The zero-order valence-electron chi connectivity index (χ0n) is 16.8. The number of benzene rings is 2. The number of urea groups is 1. The van der Waals surface area contributed by atoms with Gasteiger partial charge in [0.25, 0.3) is 0 Å². The van der Waals surface area contributed by atoms with E-state index in [9.17, 15) is 4.79 Å². The van der Waals surface area contributed by atoms with Crippen molar-refractivity contribution in [3.8, 4) is 0 Å². The van der Waals surface area contributed by atoms with Crippen molar-refractivity contribution < 1.29 is 4.79 Å². The van der Waals surface area contributed by atoms with Gasteiger partial charge in [0.05, 0.1) is 0 Å². The lowest BCUT2D eigenvalue weighted by molar-refractivity contribution is 0.212. The second-order valence-electron chi connectivity index (χ2n) is 8.27. The highest BCUT2D eigenvalue weighted by atomic mass is 16.2. The van der Waals surface area contributed by atoms with Gasteiger partial charge < -0.3 is 10.2 Å². The van der Waals surface area contributed by atoms with Gasteiger partial charge in [0.15, 0.2) is 0 Å². The molecule has 0 atom stereocenters. The topological polar surface area (TPSA) is 35.6 Å². The molecule has 0 aliphatic carbocycles. The molecular weight excluding hydrogens is 346 g/mol. The van der Waals surface area contributed by atoms with Crippen LogP contribution < -0.4 is 5.32 Å². The molecule has 2 amide bonds. The van der Waals surface area contributed by atoms with E-state index < -0.39 is 0 Å². The Labute approximate surface area is 167 Å². The van der Waals surface area contributed by atoms with Gasteiger partial charge in [-0.1, -0.05) is 56.3 Å². The van der Waals surface area contributed by atoms with E-state index in [-0.39, 0.29) is 6.03 Å². The first-order chi connectivity index (χ1) is 13.6. The molecule has 0 aromatic heterocycles. The maximum Gasteiger partial charge on any atom is 0.322 e. The summed E-state index contributed by atoms with van der Waals surface area (Å²) >= 11 is 0. The van der Waals surface area contributed by atoms with Gasteiger partial charge >= 0.3 is 6.03 Å². The third-order valence-corrected chi connectivity index (χ3v) is 5.55. The molecule has 0 spiro atoms. The summed E-state index contributed by atoms with van der Waals surface area (Å²) in [7, 11) is 0. The molecular formula is C24H29N3O. The van der Waals surface area contributed by atoms with Crippen LogP contribution in [0.1, 0.15) is 37.0 Å². The summed E-state index contributed by atoms with van der Waals surface area (Å²) in [6.45, 7) is 9.22. The predicted molar refractivity (Wildman–Crippen MR) is 115 cm³/mol. The summed E-state index contributed by atoms with van der Waals surface area (Å²) in [5, 5.41) is 3.04. The van der Waals surface area contributed by atoms with E-state index in [1.54, 1.807) is 0 Å². The molecule has 2 heterocycles. The van der Waals surface area contributed by atoms with Gasteiger partial charge in [0.1, 0.15) is 0 Å². The Hall–Kier alpha value is -2.59. The summed E-state index contributed by atoms with van der Waals surface area (Å²) in [5.41, 5.74) is 6.00. The van der Waals surface area contributed by atoms with Gasteiger partial charge in [-0.15, -0.1) is 0 Å². The van der Waals surface area contributed by atoms with Gasteiger partial charge in [-0.2, -0.15) is 0 Å². The molecule has 2 aromatic carbocycles. The number of nitrogens with one attached hydrogen (secondary N) is 1. The number of carbonyl (C=O) groups is 1. The summed E-state index contributed by atoms with van der Waals surface area (Å²) in [6.07, 6.45) is 3.44. The Morgan fingerprint density at radius 2 is 1.71 bits per heavy atom. The molecule has 0 bridgehead atoms. The van der Waals surface area contributed by atoms with Crippen LogP contribution in [-0.2, 0) is 13.1 Å². The van der Waals surface area contributed by atoms with Crippen molar-refractivity contribution in [3.63, 3.8) is 0 Å². The van der Waals surface area contributed by atoms with Crippen LogP contribution in [0.15, 0.2) is 54.6 Å². The van der Waals surface area contributed by atoms with Crippen molar-refractivity contribution in [2.75, 3.05) is 25.0 Å². The summed E-state index contributed by atoms with van der Waals surface area (Å²) < 4.78 is 0. The molecule has 2 aliphatic heterocycles. The molecule has 4 heteroatoms. The van der Waals surface area contributed by atoms with Crippen LogP contribution >= 0.6 is 0 Å². The minimum Gasteiger partial charge on any atom is -0.316 e. The fourth-order valence-corrected chi connectivity index (χ4v) is 4.10. The van der Waals surface area contributed by atoms with E-state index in [2.05, 4.69) is 54.4 Å². The number of hydrogen-bond acceptors (Lipinski definition) is 2. The highest BCUT2D eigenvalue weighted by Gasteiger charge is 2.22. The lowest BCUT2D eigenvalue weighted by Gasteiger charge is -2.28. The number of anilines is 1. The predicted octanol–water partition coefficient (Wildman–Crippen LogP) is 4.98. The standard InChI is InChI=1S/C24H29N3O/c1-18(2)15-26-13-11-20(12-14-26)19-7-9-23(10-8-19)25-24(28)27-16-21-5-3-4-6-22(21)17-27/h3-11,18H,12-17H2,1-2H3,(H,25,28). The zero-order valence-corrected chi connectivity index (χ0v) is 16.8. The lowest BCUT2D eigenvalue weighted by atomic mass is 9.99. The van der Waals surface area contributed by atoms with Crippen LogP contribution in [0.25, 0.3) is 5.57 Å². The van der Waals surface area contributed by atoms with Crippen LogP contribution in [0.4, 0.5) is 10.5 Å². The molecule has 0 saturated carbocycles. The van der Waals surface area contributed by atoms with Crippen LogP contribution in [0.3, 0.4) is 0 Å². The summed E-state index contributed by atoms with van der Waals surface area (Å²) in [6, 6.07) is 16.5. The third kappa shape index (κ3) is 4.28. The highest BCUT2D eigenvalue weighted by Crippen LogP contribution is 2.26. The fourth-order valence-electron chi connectivity index (χ4n) is 4.10. The van der Waals surface area contributed by atoms with Crippen molar-refractivity contribution in [2.45, 2.75) is 33.4 Å². The van der Waals surface area contributed by atoms with Gasteiger partial charge in [-0.25, -0.2) is 4.79 Å². The van der Waals surface area contributed by atoms with Crippen molar-refractivity contribution >= 4 is 17.3 Å². The largest absolute Gasteiger partial charge is 0.322 e. The van der Waals surface area contributed by atoms with Crippen LogP contribution in [-0.4, -0.2) is 35.5 Å². The van der Waals surface area contributed by atoms with E-state index in [0.717, 1.165) is 31.7 Å². The minimum atomic E-state index is -0.0369. The molecule has 146 valence electrons. The Morgan fingerprint density at radius 1 is 1.04 bits per heavy atom. The molecule has 0 fully saturated rings. The van der Waals surface area contributed by atoms with Gasteiger partial charge in [0.2, 0.25) is 0 Å². The number of amides is 2. The number of carbonyl (C=O) groups excluding carboxylic acids is 1. The number of fused-ring (bicyclic) bond motifs is 1. The Kier molecular flexibility index (Phi) is 5.49. The van der Waals surface area contributed by atoms with E-state index in [4.69, 9.17) is 0 Å². The average molecular weight is 376 g/mol. The molecule has 0 saturated heterocycles. The van der Waals surface area contributed by atoms with E-state index >= 15 is 0 Å². The Bertz CT molecular complexity index is 845. The molecule has 4 nitrogen and oxygen atoms in total. The van der Waals surface area contributed by atoms with Crippen LogP contribution in [0.2, 0.25) is 0 Å². The zero-order chi connectivity index (χ0) is 19.5. The number of nitrogens with zero attached hydrogens (tertiary/aromatic N) is 2. The molecule has 28 heavy (non-hydrogen) atoms. The quantitative estimate of drug-likeness (QED) is 0.818. The van der Waals surface area contributed by atoms with Crippen molar-refractivity contribution in [2.24, 2.45) is 5.92 Å². The molecule has 0 unspecified atom stereocenters. The molecule has 4 rings (SSSR count). The highest BCUT2D eigenvalue weighted by molar-refractivity contribution is 5.90. The SMILES string of the molecule is CC(C)CN1CC=C(c2ccc(NC(=O)N3Cc4ccccc4C3)cc2)CC1. The number of rotatable bonds is 4. The fraction of sp³-hybridized carbons (Fsp3) is 0.375. The molecule has 2 aliphatic rings. The second-order valence-corrected chi connectivity index (χ2v) is 8.27. The first-order valence-corrected chi connectivity index (χ1v) is 10.2. The van der Waals surface area contributed by atoms with Crippen LogP contribution in [0.5, 0.6) is 0 Å². The first-order valence-electron chi connectivity index (χ1n) is 10.2. The van der Waals surface area contributed by atoms with Crippen molar-refractivity contribution in [3.05, 3.63) is 71.3 Å². The van der Waals surface area contributed by atoms with Gasteiger partial charge in [0, 0.05) is 38.4 Å². The Morgan fingerprint density at radius 3 is 2.29 bits per heavy atom. The maximum absolute atomic E-state index is 12.6. The van der Waals surface area contributed by atoms with Crippen molar-refractivity contribution in [1.82, 2.24) is 9.80 Å². The molecule has 0 radical (unpaired) electrons. The normalized spacial score (nSPS) is 16.8. The number of hydrogen-bond donors (Lipinski definition) is 1. The maximum atomic E-state index is 12.6. The monoisotopic (exact) mass is 375 g/mol. The average Bonchev–Trinajstić information content (AvgIpc) is 3.13. The smallest absolute Gasteiger partial charge is 0.316 e. The minimum absolute atomic E-state index is 0.0369. The summed E-state index contributed by atoms with van der Waals surface area (Å²) in [5.74, 6) is 0.709. The van der Waals surface area contributed by atoms with Gasteiger partial charge in [-0.3, -0.25) is 4.90 Å². The van der Waals surface area contributed by atoms with Crippen LogP contribution in [0, 0.1) is 5.92 Å². The van der Waals surface area contributed by atoms with E-state index in [1.807, 2.05) is 29.2 Å². The second kappa shape index (κ2) is 8.19. The van der Waals surface area contributed by atoms with E-state index in [0.29, 0.717) is 19.0 Å². The lowest BCUT2D eigenvalue weighted by Crippen LogP contribution is -2.31. The summed E-state index contributed by atoms with van der Waals surface area (Å²) in [4.78, 5) is 17.0. The van der Waals surface area contributed by atoms with Crippen molar-refractivity contribution in [1.29, 1.82) is 0 Å². The molecule has 1 N–H and O–H groups in total. The van der Waals surface area contributed by atoms with Gasteiger partial charge in [-0.05, 0) is 46.7 Å². The Balaban J connectivity index is 1.34. The first kappa shape index (κ1) is 18.8. The molecule has 2 aromatic rings. The third-order valence-electron chi connectivity index (χ3n) is 5.55.